The molecule has 1 fully saturated rings. The van der Waals surface area contributed by atoms with Crippen LogP contribution in [0, 0.1) is 5.92 Å². The fourth-order valence-electron chi connectivity index (χ4n) is 3.50. The maximum absolute atomic E-state index is 11.0. The predicted octanol–water partition coefficient (Wildman–Crippen LogP) is 1.85. The van der Waals surface area contributed by atoms with Gasteiger partial charge in [0, 0.05) is 25.4 Å². The molecule has 3 rings (SSSR count). The first-order valence-corrected chi connectivity index (χ1v) is 9.01. The molecule has 0 saturated heterocycles. The van der Waals surface area contributed by atoms with Crippen LogP contribution < -0.4 is 4.74 Å². The molecule has 144 valence electrons. The van der Waals surface area contributed by atoms with Gasteiger partial charge in [0.25, 0.3) is 0 Å². The van der Waals surface area contributed by atoms with E-state index in [1.165, 1.54) is 0 Å². The Morgan fingerprint density at radius 3 is 2.41 bits per heavy atom. The summed E-state index contributed by atoms with van der Waals surface area (Å²) in [5.74, 6) is -0.679. The summed E-state index contributed by atoms with van der Waals surface area (Å²) < 4.78 is 6.10. The van der Waals surface area contributed by atoms with Gasteiger partial charge in [-0.15, -0.1) is 0 Å². The minimum Gasteiger partial charge on any atom is -0.490 e. The minimum atomic E-state index is -0.957. The van der Waals surface area contributed by atoms with Crippen molar-refractivity contribution in [3.63, 3.8) is 0 Å². The number of ether oxygens (including phenoxy) is 1. The van der Waals surface area contributed by atoms with Crippen molar-refractivity contribution in [2.75, 3.05) is 6.61 Å². The molecular formula is C21H24O6. The number of aliphatic hydroxyl groups is 3. The summed E-state index contributed by atoms with van der Waals surface area (Å²) in [6.45, 7) is -0.199. The van der Waals surface area contributed by atoms with Crippen molar-refractivity contribution >= 4 is 5.97 Å². The molecule has 0 radical (unpaired) electrons. The topological polar surface area (TPSA) is 107 Å². The molecule has 0 spiro atoms. The van der Waals surface area contributed by atoms with Crippen LogP contribution in [-0.2, 0) is 6.42 Å². The maximum Gasteiger partial charge on any atom is 0.335 e. The molecule has 1 aliphatic rings. The Kier molecular flexibility index (Phi) is 6.11. The molecule has 2 aromatic rings. The van der Waals surface area contributed by atoms with Crippen LogP contribution in [0.15, 0.2) is 48.5 Å². The highest BCUT2D eigenvalue weighted by Crippen LogP contribution is 2.30. The molecular weight excluding hydrogens is 348 g/mol. The van der Waals surface area contributed by atoms with E-state index < -0.39 is 24.1 Å². The van der Waals surface area contributed by atoms with Gasteiger partial charge in [-0.3, -0.25) is 0 Å². The number of carbonyl (C=O) groups is 1. The van der Waals surface area contributed by atoms with Crippen molar-refractivity contribution in [3.8, 4) is 5.75 Å². The number of carboxylic acid groups (broad SMARTS) is 1. The monoisotopic (exact) mass is 372 g/mol. The van der Waals surface area contributed by atoms with E-state index in [2.05, 4.69) is 0 Å². The molecule has 27 heavy (non-hydrogen) atoms. The highest BCUT2D eigenvalue weighted by atomic mass is 16.5. The lowest BCUT2D eigenvalue weighted by atomic mass is 9.83. The molecule has 0 unspecified atom stereocenters. The fraction of sp³-hybridized carbons (Fsp3) is 0.381. The van der Waals surface area contributed by atoms with Gasteiger partial charge in [0.15, 0.2) is 0 Å². The number of carboxylic acids is 1. The Labute approximate surface area is 157 Å². The van der Waals surface area contributed by atoms with Crippen LogP contribution >= 0.6 is 0 Å². The number of benzene rings is 2. The summed E-state index contributed by atoms with van der Waals surface area (Å²) in [7, 11) is 0. The third-order valence-corrected chi connectivity index (χ3v) is 5.04. The van der Waals surface area contributed by atoms with Gasteiger partial charge in [-0.1, -0.05) is 30.3 Å². The summed E-state index contributed by atoms with van der Waals surface area (Å²) in [6.07, 6.45) is -0.793. The normalized spacial score (nSPS) is 25.1. The van der Waals surface area contributed by atoms with Crippen LogP contribution in [0.1, 0.15) is 34.3 Å². The van der Waals surface area contributed by atoms with Crippen LogP contribution in [0.3, 0.4) is 0 Å². The van der Waals surface area contributed by atoms with E-state index in [4.69, 9.17) is 9.84 Å². The van der Waals surface area contributed by atoms with Gasteiger partial charge in [-0.2, -0.15) is 0 Å². The van der Waals surface area contributed by atoms with E-state index in [9.17, 15) is 20.1 Å². The van der Waals surface area contributed by atoms with Crippen LogP contribution in [0.5, 0.6) is 5.75 Å². The van der Waals surface area contributed by atoms with E-state index in [1.54, 1.807) is 24.3 Å². The average molecular weight is 372 g/mol. The van der Waals surface area contributed by atoms with E-state index in [0.717, 1.165) is 11.1 Å². The Morgan fingerprint density at radius 2 is 1.74 bits per heavy atom. The first kappa shape index (κ1) is 19.4. The summed E-state index contributed by atoms with van der Waals surface area (Å²) in [5, 5.41) is 38.3. The first-order chi connectivity index (χ1) is 13.0. The van der Waals surface area contributed by atoms with Crippen molar-refractivity contribution in [3.05, 3.63) is 65.2 Å². The van der Waals surface area contributed by atoms with Crippen molar-refractivity contribution in [1.29, 1.82) is 0 Å². The zero-order valence-electron chi connectivity index (χ0n) is 14.9. The highest BCUT2D eigenvalue weighted by Gasteiger charge is 2.36. The molecule has 6 heteroatoms. The quantitative estimate of drug-likeness (QED) is 0.616. The number of para-hydroxylation sites is 1. The summed E-state index contributed by atoms with van der Waals surface area (Å²) in [4.78, 5) is 11.0. The molecule has 2 aromatic carbocycles. The third kappa shape index (κ3) is 4.66. The van der Waals surface area contributed by atoms with Gasteiger partial charge in [0.05, 0.1) is 17.8 Å². The third-order valence-electron chi connectivity index (χ3n) is 5.04. The standard InChI is InChI=1S/C21H24O6/c22-12-16-10-17(11-18(23)20(16)24)27-19-4-2-1-3-15(19)9-13-5-7-14(8-6-13)21(25)26/h1-8,16-18,20,22-24H,9-12H2,(H,25,26)/t16-,17-,18-,20-/m1/s1. The van der Waals surface area contributed by atoms with Crippen LogP contribution in [0.4, 0.5) is 0 Å². The molecule has 4 atom stereocenters. The van der Waals surface area contributed by atoms with Crippen molar-refractivity contribution < 1.29 is 30.0 Å². The second-order valence-electron chi connectivity index (χ2n) is 7.00. The largest absolute Gasteiger partial charge is 0.490 e. The summed E-state index contributed by atoms with van der Waals surface area (Å²) in [6, 6.07) is 14.3. The zero-order valence-corrected chi connectivity index (χ0v) is 14.9. The van der Waals surface area contributed by atoms with Crippen LogP contribution in [0.25, 0.3) is 0 Å². The van der Waals surface area contributed by atoms with Gasteiger partial charge >= 0.3 is 5.97 Å². The lowest BCUT2D eigenvalue weighted by Crippen LogP contribution is -2.46. The number of aliphatic hydroxyl groups excluding tert-OH is 3. The summed E-state index contributed by atoms with van der Waals surface area (Å²) in [5.41, 5.74) is 2.15. The fourth-order valence-corrected chi connectivity index (χ4v) is 3.50. The molecule has 0 bridgehead atoms. The molecule has 0 aliphatic heterocycles. The molecule has 6 nitrogen and oxygen atoms in total. The number of aromatic carboxylic acids is 1. The maximum atomic E-state index is 11.0. The molecule has 0 aromatic heterocycles. The second-order valence-corrected chi connectivity index (χ2v) is 7.00. The molecule has 1 aliphatic carbocycles. The summed E-state index contributed by atoms with van der Waals surface area (Å²) >= 11 is 0. The Bertz CT molecular complexity index is 772. The van der Waals surface area contributed by atoms with Crippen LogP contribution in [0.2, 0.25) is 0 Å². The number of hydrogen-bond acceptors (Lipinski definition) is 5. The van der Waals surface area contributed by atoms with E-state index in [1.807, 2.05) is 24.3 Å². The second kappa shape index (κ2) is 8.52. The minimum absolute atomic E-state index is 0.199. The van der Waals surface area contributed by atoms with E-state index >= 15 is 0 Å². The smallest absolute Gasteiger partial charge is 0.335 e. The highest BCUT2D eigenvalue weighted by molar-refractivity contribution is 5.87. The van der Waals surface area contributed by atoms with Crippen molar-refractivity contribution in [1.82, 2.24) is 0 Å². The SMILES string of the molecule is O=C(O)c1ccc(Cc2ccccc2O[C@@H]2C[C@H](CO)[C@@H](O)[C@H](O)C2)cc1. The van der Waals surface area contributed by atoms with Crippen LogP contribution in [-0.4, -0.2) is 51.3 Å². The Morgan fingerprint density at radius 1 is 1.04 bits per heavy atom. The van der Waals surface area contributed by atoms with E-state index in [-0.39, 0.29) is 18.3 Å². The molecule has 0 heterocycles. The van der Waals surface area contributed by atoms with Gasteiger partial charge in [-0.25, -0.2) is 4.79 Å². The molecule has 1 saturated carbocycles. The lowest BCUT2D eigenvalue weighted by molar-refractivity contribution is -0.0892. The van der Waals surface area contributed by atoms with Gasteiger partial charge in [0.1, 0.15) is 11.9 Å². The molecule has 4 N–H and O–H groups in total. The Balaban J connectivity index is 1.73. The number of hydrogen-bond donors (Lipinski definition) is 4. The van der Waals surface area contributed by atoms with Gasteiger partial charge in [0.2, 0.25) is 0 Å². The van der Waals surface area contributed by atoms with Gasteiger partial charge < -0.3 is 25.2 Å². The molecule has 0 amide bonds. The predicted molar refractivity (Wildman–Crippen MR) is 98.9 cm³/mol. The van der Waals surface area contributed by atoms with Crippen molar-refractivity contribution in [2.45, 2.75) is 37.6 Å². The number of rotatable bonds is 6. The van der Waals surface area contributed by atoms with E-state index in [0.29, 0.717) is 25.0 Å². The zero-order chi connectivity index (χ0) is 19.4. The van der Waals surface area contributed by atoms with Crippen molar-refractivity contribution in [2.24, 2.45) is 5.92 Å². The average Bonchev–Trinajstić information content (AvgIpc) is 2.66. The lowest BCUT2D eigenvalue weighted by Gasteiger charge is -2.36. The Hall–Kier alpha value is -2.41. The van der Waals surface area contributed by atoms with Gasteiger partial charge in [-0.05, 0) is 35.7 Å². The first-order valence-electron chi connectivity index (χ1n) is 9.01.